The van der Waals surface area contributed by atoms with E-state index in [0.29, 0.717) is 30.8 Å². The first-order valence-electron chi connectivity index (χ1n) is 13.6. The number of aryl methyl sites for hydroxylation is 1. The Morgan fingerprint density at radius 2 is 1.68 bits per heavy atom. The predicted molar refractivity (Wildman–Crippen MR) is 162 cm³/mol. The number of sulfonamides is 1. The van der Waals surface area contributed by atoms with Crippen LogP contribution in [0.1, 0.15) is 18.5 Å². The second kappa shape index (κ2) is 11.8. The lowest BCUT2D eigenvalue weighted by Crippen LogP contribution is -2.46. The second-order valence-electron chi connectivity index (χ2n) is 10.5. The van der Waals surface area contributed by atoms with Crippen molar-refractivity contribution in [2.45, 2.75) is 30.7 Å². The minimum absolute atomic E-state index is 0.131. The second-order valence-corrected chi connectivity index (χ2v) is 12.2. The van der Waals surface area contributed by atoms with Gasteiger partial charge in [-0.05, 0) is 57.1 Å². The Hall–Kier alpha value is -3.73. The highest BCUT2D eigenvalue weighted by atomic mass is 32.2. The van der Waals surface area contributed by atoms with E-state index in [2.05, 4.69) is 25.2 Å². The Morgan fingerprint density at radius 3 is 2.45 bits per heavy atom. The first-order valence-corrected chi connectivity index (χ1v) is 15.0. The zero-order chi connectivity index (χ0) is 28.3. The fraction of sp³-hybridized carbons (Fsp3) is 0.333. The Morgan fingerprint density at radius 1 is 0.975 bits per heavy atom. The number of benzene rings is 3. The lowest BCUT2D eigenvalue weighted by molar-refractivity contribution is 0.206. The molecule has 1 aromatic heterocycles. The zero-order valence-corrected chi connectivity index (χ0v) is 24.0. The van der Waals surface area contributed by atoms with Crippen molar-refractivity contribution in [3.05, 3.63) is 72.4 Å². The fourth-order valence-electron chi connectivity index (χ4n) is 5.35. The molecular weight excluding hydrogens is 524 g/mol. The lowest BCUT2D eigenvalue weighted by atomic mass is 10.1. The third-order valence-electron chi connectivity index (χ3n) is 7.35. The van der Waals surface area contributed by atoms with Gasteiger partial charge in [0.25, 0.3) is 0 Å². The number of nitrogens with zero attached hydrogens (tertiary/aromatic N) is 3. The largest absolute Gasteiger partial charge is 0.377 e. The van der Waals surface area contributed by atoms with Crippen molar-refractivity contribution in [2.75, 3.05) is 50.5 Å². The molecule has 1 fully saturated rings. The molecule has 0 saturated carbocycles. The van der Waals surface area contributed by atoms with Gasteiger partial charge >= 0.3 is 6.03 Å². The molecule has 1 aliphatic rings. The number of rotatable bonds is 8. The fourth-order valence-corrected chi connectivity index (χ4v) is 6.88. The first kappa shape index (κ1) is 27.8. The van der Waals surface area contributed by atoms with Crippen LogP contribution in [0.2, 0.25) is 0 Å². The molecule has 0 bridgehead atoms. The van der Waals surface area contributed by atoms with Crippen molar-refractivity contribution in [1.29, 1.82) is 0 Å². The molecule has 5 rings (SSSR count). The van der Waals surface area contributed by atoms with E-state index in [1.54, 1.807) is 12.1 Å². The van der Waals surface area contributed by atoms with Gasteiger partial charge in [0.2, 0.25) is 10.0 Å². The molecular formula is C30H36N6O3S. The summed E-state index contributed by atoms with van der Waals surface area (Å²) in [6.45, 7) is 4.60. The van der Waals surface area contributed by atoms with Crippen LogP contribution in [0.15, 0.2) is 71.6 Å². The molecule has 4 aromatic rings. The van der Waals surface area contributed by atoms with Crippen LogP contribution >= 0.6 is 0 Å². The van der Waals surface area contributed by atoms with E-state index in [1.165, 1.54) is 0 Å². The van der Waals surface area contributed by atoms with Crippen LogP contribution in [-0.2, 0) is 10.0 Å². The predicted octanol–water partition coefficient (Wildman–Crippen LogP) is 4.33. The number of aromatic nitrogens is 1. The molecule has 40 heavy (non-hydrogen) atoms. The van der Waals surface area contributed by atoms with Crippen molar-refractivity contribution < 1.29 is 13.2 Å². The van der Waals surface area contributed by atoms with Crippen molar-refractivity contribution in [2.24, 2.45) is 0 Å². The van der Waals surface area contributed by atoms with Gasteiger partial charge in [-0.25, -0.2) is 17.9 Å². The summed E-state index contributed by atoms with van der Waals surface area (Å²) in [5, 5.41) is 8.41. The number of amides is 2. The number of fused-ring (bicyclic) bond motifs is 2. The first-order chi connectivity index (χ1) is 19.2. The summed E-state index contributed by atoms with van der Waals surface area (Å²) in [5.41, 5.74) is 3.40. The highest BCUT2D eigenvalue weighted by molar-refractivity contribution is 7.89. The van der Waals surface area contributed by atoms with Crippen LogP contribution in [0.3, 0.4) is 0 Å². The number of hydrogen-bond acceptors (Lipinski definition) is 6. The molecule has 0 atom stereocenters. The molecule has 1 saturated heterocycles. The molecule has 210 valence electrons. The average Bonchev–Trinajstić information content (AvgIpc) is 2.93. The van der Waals surface area contributed by atoms with Gasteiger partial charge in [-0.15, -0.1) is 0 Å². The third-order valence-corrected chi connectivity index (χ3v) is 8.92. The smallest absolute Gasteiger partial charge is 0.319 e. The van der Waals surface area contributed by atoms with Gasteiger partial charge in [-0.2, -0.15) is 0 Å². The molecule has 2 heterocycles. The molecule has 0 unspecified atom stereocenters. The van der Waals surface area contributed by atoms with Gasteiger partial charge in [0, 0.05) is 60.8 Å². The van der Waals surface area contributed by atoms with Gasteiger partial charge in [0.15, 0.2) is 0 Å². The van der Waals surface area contributed by atoms with Gasteiger partial charge in [-0.1, -0.05) is 42.5 Å². The molecule has 1 aliphatic heterocycles. The molecule has 10 heteroatoms. The Bertz CT molecular complexity index is 1630. The standard InChI is InChI=1S/C30H36N6O3S/c1-21-20-27(25-8-4-5-11-26(25)32-21)33-30(37)31-16-19-36-17-14-22(15-18-36)34-40(38,39)29-13-7-9-23-24(29)10-6-12-28(23)35(2)3/h4-13,20,22,34H,14-19H2,1-3H3,(H2,31,32,33,37). The van der Waals surface area contributed by atoms with Crippen molar-refractivity contribution in [1.82, 2.24) is 19.9 Å². The zero-order valence-electron chi connectivity index (χ0n) is 23.1. The van der Waals surface area contributed by atoms with Crippen molar-refractivity contribution in [3.8, 4) is 0 Å². The number of pyridine rings is 1. The number of carbonyl (C=O) groups excluding carboxylic acids is 1. The number of nitrogens with one attached hydrogen (secondary N) is 3. The quantitative estimate of drug-likeness (QED) is 0.296. The van der Waals surface area contributed by atoms with Gasteiger partial charge < -0.3 is 20.4 Å². The summed E-state index contributed by atoms with van der Waals surface area (Å²) in [4.78, 5) is 21.6. The highest BCUT2D eigenvalue weighted by Gasteiger charge is 2.26. The van der Waals surface area contributed by atoms with Gasteiger partial charge in [-0.3, -0.25) is 4.98 Å². The van der Waals surface area contributed by atoms with Crippen LogP contribution < -0.4 is 20.3 Å². The van der Waals surface area contributed by atoms with Crippen LogP contribution in [0.25, 0.3) is 21.7 Å². The van der Waals surface area contributed by atoms with E-state index in [-0.39, 0.29) is 12.1 Å². The highest BCUT2D eigenvalue weighted by Crippen LogP contribution is 2.30. The van der Waals surface area contributed by atoms with E-state index in [0.717, 1.165) is 51.8 Å². The van der Waals surface area contributed by atoms with E-state index < -0.39 is 10.0 Å². The van der Waals surface area contributed by atoms with Crippen LogP contribution in [-0.4, -0.2) is 70.6 Å². The topological polar surface area (TPSA) is 107 Å². The number of para-hydroxylation sites is 1. The monoisotopic (exact) mass is 560 g/mol. The van der Waals surface area contributed by atoms with E-state index in [4.69, 9.17) is 0 Å². The summed E-state index contributed by atoms with van der Waals surface area (Å²) < 4.78 is 29.7. The molecule has 9 nitrogen and oxygen atoms in total. The summed E-state index contributed by atoms with van der Waals surface area (Å²) in [5.74, 6) is 0. The average molecular weight is 561 g/mol. The maximum Gasteiger partial charge on any atom is 0.319 e. The van der Waals surface area contributed by atoms with E-state index in [9.17, 15) is 13.2 Å². The lowest BCUT2D eigenvalue weighted by Gasteiger charge is -2.32. The number of carbonyl (C=O) groups is 1. The molecule has 3 N–H and O–H groups in total. The number of urea groups is 1. The van der Waals surface area contributed by atoms with E-state index in [1.807, 2.05) is 80.5 Å². The molecule has 3 aromatic carbocycles. The normalized spacial score (nSPS) is 14.9. The summed E-state index contributed by atoms with van der Waals surface area (Å²) in [6, 6.07) is 20.4. The minimum Gasteiger partial charge on any atom is -0.377 e. The Balaban J connectivity index is 1.12. The SMILES string of the molecule is Cc1cc(NC(=O)NCCN2CCC(NS(=O)(=O)c3cccc4c(N(C)C)cccc34)CC2)c2ccccc2n1. The van der Waals surface area contributed by atoms with Crippen LogP contribution in [0, 0.1) is 6.92 Å². The van der Waals surface area contributed by atoms with E-state index >= 15 is 0 Å². The number of piperidine rings is 1. The Kier molecular flexibility index (Phi) is 8.20. The van der Waals surface area contributed by atoms with Crippen molar-refractivity contribution in [3.63, 3.8) is 0 Å². The number of hydrogen-bond donors (Lipinski definition) is 3. The van der Waals surface area contributed by atoms with Gasteiger partial charge in [0.1, 0.15) is 0 Å². The van der Waals surface area contributed by atoms with Gasteiger partial charge in [0.05, 0.1) is 16.1 Å². The molecule has 0 aliphatic carbocycles. The summed E-state index contributed by atoms with van der Waals surface area (Å²) >= 11 is 0. The number of anilines is 2. The molecule has 2 amide bonds. The number of likely N-dealkylation sites (tertiary alicyclic amines) is 1. The summed E-state index contributed by atoms with van der Waals surface area (Å²) in [7, 11) is 0.224. The maximum atomic E-state index is 13.4. The van der Waals surface area contributed by atoms with Crippen molar-refractivity contribution >= 4 is 49.1 Å². The Labute approximate surface area is 235 Å². The molecule has 0 radical (unpaired) electrons. The maximum absolute atomic E-state index is 13.4. The molecule has 0 spiro atoms. The summed E-state index contributed by atoms with van der Waals surface area (Å²) in [6.07, 6.45) is 1.42. The van der Waals surface area contributed by atoms with Crippen LogP contribution in [0.5, 0.6) is 0 Å². The van der Waals surface area contributed by atoms with Crippen LogP contribution in [0.4, 0.5) is 16.2 Å². The minimum atomic E-state index is -3.68. The third kappa shape index (κ3) is 6.19.